The minimum absolute atomic E-state index is 0.319. The monoisotopic (exact) mass is 278 g/mol. The molecule has 100 valence electrons. The van der Waals surface area contributed by atoms with Crippen LogP contribution in [0.5, 0.6) is 5.75 Å². The number of aliphatic hydroxyl groups excluding tert-OH is 1. The fourth-order valence-corrected chi connectivity index (χ4v) is 2.23. The Kier molecular flexibility index (Phi) is 3.93. The van der Waals surface area contributed by atoms with Gasteiger partial charge in [-0.05, 0) is 36.2 Å². The molecule has 0 amide bonds. The molecule has 0 aliphatic heterocycles. The predicted molar refractivity (Wildman–Crippen MR) is 75.5 cm³/mol. The van der Waals surface area contributed by atoms with E-state index >= 15 is 0 Å². The number of aromatic nitrogens is 1. The van der Waals surface area contributed by atoms with Crippen LogP contribution in [0.25, 0.3) is 0 Å². The van der Waals surface area contributed by atoms with Gasteiger partial charge in [0.1, 0.15) is 17.7 Å². The Morgan fingerprint density at radius 2 is 2.11 bits per heavy atom. The lowest BCUT2D eigenvalue weighted by molar-refractivity contribution is 0.220. The Balaban J connectivity index is 2.44. The van der Waals surface area contributed by atoms with Crippen molar-refractivity contribution in [3.8, 4) is 5.75 Å². The molecule has 1 aromatic heterocycles. The van der Waals surface area contributed by atoms with Gasteiger partial charge in [0.15, 0.2) is 0 Å². The molecule has 3 N–H and O–H groups in total. The molecule has 1 aromatic carbocycles. The van der Waals surface area contributed by atoms with Crippen molar-refractivity contribution < 1.29 is 9.84 Å². The van der Waals surface area contributed by atoms with Crippen LogP contribution >= 0.6 is 11.6 Å². The van der Waals surface area contributed by atoms with E-state index in [1.165, 1.54) is 0 Å². The van der Waals surface area contributed by atoms with E-state index in [-0.39, 0.29) is 0 Å². The fourth-order valence-electron chi connectivity index (χ4n) is 1.97. The number of methoxy groups -OCH3 is 1. The Morgan fingerprint density at radius 1 is 1.37 bits per heavy atom. The summed E-state index contributed by atoms with van der Waals surface area (Å²) in [5.41, 5.74) is 7.95. The molecule has 0 bridgehead atoms. The Bertz CT molecular complexity index is 582. The van der Waals surface area contributed by atoms with Crippen molar-refractivity contribution in [3.05, 3.63) is 52.2 Å². The average Bonchev–Trinajstić information content (AvgIpc) is 2.38. The standard InChI is InChI=1S/C14H15ClN2O2/c1-8-5-6-17-14(16)12(8)13(18)9-3-4-11(19-2)10(15)7-9/h3-7,13,18H,1-2H3,(H2,16,17). The second-order valence-corrected chi connectivity index (χ2v) is 4.63. The van der Waals surface area contributed by atoms with E-state index in [4.69, 9.17) is 22.1 Å². The largest absolute Gasteiger partial charge is 0.495 e. The van der Waals surface area contributed by atoms with Crippen LogP contribution < -0.4 is 10.5 Å². The third-order valence-corrected chi connectivity index (χ3v) is 3.30. The van der Waals surface area contributed by atoms with Crippen LogP contribution in [0.2, 0.25) is 5.02 Å². The highest BCUT2D eigenvalue weighted by Crippen LogP contribution is 2.32. The topological polar surface area (TPSA) is 68.4 Å². The van der Waals surface area contributed by atoms with Gasteiger partial charge in [-0.2, -0.15) is 0 Å². The summed E-state index contributed by atoms with van der Waals surface area (Å²) in [5, 5.41) is 10.9. The van der Waals surface area contributed by atoms with Crippen LogP contribution in [0.1, 0.15) is 22.8 Å². The first-order valence-electron chi connectivity index (χ1n) is 5.77. The maximum Gasteiger partial charge on any atom is 0.137 e. The van der Waals surface area contributed by atoms with Gasteiger partial charge in [0.05, 0.1) is 12.1 Å². The van der Waals surface area contributed by atoms with E-state index in [1.54, 1.807) is 37.6 Å². The van der Waals surface area contributed by atoms with Gasteiger partial charge in [-0.3, -0.25) is 0 Å². The van der Waals surface area contributed by atoms with Gasteiger partial charge in [0.25, 0.3) is 0 Å². The van der Waals surface area contributed by atoms with Gasteiger partial charge in [0.2, 0.25) is 0 Å². The molecule has 0 aliphatic rings. The number of aryl methyl sites for hydroxylation is 1. The lowest BCUT2D eigenvalue weighted by Crippen LogP contribution is -2.07. The van der Waals surface area contributed by atoms with E-state index in [1.807, 2.05) is 6.92 Å². The second kappa shape index (κ2) is 5.47. The lowest BCUT2D eigenvalue weighted by Gasteiger charge is -2.16. The van der Waals surface area contributed by atoms with Crippen molar-refractivity contribution in [2.75, 3.05) is 12.8 Å². The highest BCUT2D eigenvalue weighted by atomic mass is 35.5. The Hall–Kier alpha value is -1.78. The maximum absolute atomic E-state index is 10.4. The molecule has 0 saturated heterocycles. The molecule has 0 fully saturated rings. The molecule has 1 unspecified atom stereocenters. The van der Waals surface area contributed by atoms with Crippen LogP contribution in [0.3, 0.4) is 0 Å². The number of nitrogens with two attached hydrogens (primary N) is 1. The molecular weight excluding hydrogens is 264 g/mol. The predicted octanol–water partition coefficient (Wildman–Crippen LogP) is 2.72. The molecule has 2 rings (SSSR count). The van der Waals surface area contributed by atoms with E-state index in [9.17, 15) is 5.11 Å². The van der Waals surface area contributed by atoms with Crippen molar-refractivity contribution in [3.63, 3.8) is 0 Å². The summed E-state index contributed by atoms with van der Waals surface area (Å²) in [6.45, 7) is 1.88. The normalized spacial score (nSPS) is 12.2. The summed E-state index contributed by atoms with van der Waals surface area (Å²) in [4.78, 5) is 4.00. The molecule has 19 heavy (non-hydrogen) atoms. The zero-order valence-corrected chi connectivity index (χ0v) is 11.5. The van der Waals surface area contributed by atoms with Crippen LogP contribution in [-0.2, 0) is 0 Å². The van der Waals surface area contributed by atoms with Gasteiger partial charge < -0.3 is 15.6 Å². The lowest BCUT2D eigenvalue weighted by atomic mass is 9.98. The molecule has 0 radical (unpaired) electrons. The Morgan fingerprint density at radius 3 is 2.68 bits per heavy atom. The summed E-state index contributed by atoms with van der Waals surface area (Å²) in [7, 11) is 1.54. The minimum Gasteiger partial charge on any atom is -0.495 e. The molecular formula is C14H15ClN2O2. The summed E-state index contributed by atoms with van der Waals surface area (Å²) < 4.78 is 5.08. The van der Waals surface area contributed by atoms with E-state index < -0.39 is 6.10 Å². The molecule has 0 spiro atoms. The molecule has 0 aliphatic carbocycles. The van der Waals surface area contributed by atoms with Crippen molar-refractivity contribution in [1.82, 2.24) is 4.98 Å². The third-order valence-electron chi connectivity index (χ3n) is 3.00. The molecule has 0 saturated carbocycles. The van der Waals surface area contributed by atoms with Crippen LogP contribution in [0.15, 0.2) is 30.5 Å². The van der Waals surface area contributed by atoms with E-state index in [0.717, 1.165) is 5.56 Å². The van der Waals surface area contributed by atoms with Gasteiger partial charge >= 0.3 is 0 Å². The molecule has 5 heteroatoms. The Labute approximate surface area is 116 Å². The fraction of sp³-hybridized carbons (Fsp3) is 0.214. The molecule has 1 atom stereocenters. The number of anilines is 1. The number of halogens is 1. The minimum atomic E-state index is -0.864. The average molecular weight is 279 g/mol. The SMILES string of the molecule is COc1ccc(C(O)c2c(C)ccnc2N)cc1Cl. The van der Waals surface area contributed by atoms with Crippen molar-refractivity contribution in [2.45, 2.75) is 13.0 Å². The van der Waals surface area contributed by atoms with Crippen molar-refractivity contribution >= 4 is 17.4 Å². The number of ether oxygens (including phenoxy) is 1. The quantitative estimate of drug-likeness (QED) is 0.906. The van der Waals surface area contributed by atoms with Gasteiger partial charge in [-0.1, -0.05) is 17.7 Å². The van der Waals surface area contributed by atoms with Crippen LogP contribution in [0, 0.1) is 6.92 Å². The number of aliphatic hydroxyl groups is 1. The number of nitrogens with zero attached hydrogens (tertiary/aromatic N) is 1. The number of rotatable bonds is 3. The highest BCUT2D eigenvalue weighted by Gasteiger charge is 2.17. The van der Waals surface area contributed by atoms with Gasteiger partial charge in [-0.15, -0.1) is 0 Å². The first-order valence-corrected chi connectivity index (χ1v) is 6.15. The highest BCUT2D eigenvalue weighted by molar-refractivity contribution is 6.32. The number of hydrogen-bond donors (Lipinski definition) is 2. The summed E-state index contributed by atoms with van der Waals surface area (Å²) in [6.07, 6.45) is 0.749. The van der Waals surface area contributed by atoms with Crippen molar-refractivity contribution in [1.29, 1.82) is 0 Å². The second-order valence-electron chi connectivity index (χ2n) is 4.22. The van der Waals surface area contributed by atoms with E-state index in [2.05, 4.69) is 4.98 Å². The first-order chi connectivity index (χ1) is 9.04. The molecule has 2 aromatic rings. The number of benzene rings is 1. The van der Waals surface area contributed by atoms with Crippen LogP contribution in [0.4, 0.5) is 5.82 Å². The molecule has 4 nitrogen and oxygen atoms in total. The van der Waals surface area contributed by atoms with Crippen LogP contribution in [-0.4, -0.2) is 17.2 Å². The van der Waals surface area contributed by atoms with Gasteiger partial charge in [0, 0.05) is 11.8 Å². The van der Waals surface area contributed by atoms with E-state index in [0.29, 0.717) is 27.7 Å². The first kappa shape index (κ1) is 13.6. The zero-order valence-electron chi connectivity index (χ0n) is 10.7. The third kappa shape index (κ3) is 2.64. The number of nitrogen functional groups attached to an aromatic ring is 1. The van der Waals surface area contributed by atoms with Crippen molar-refractivity contribution in [2.24, 2.45) is 0 Å². The number of hydrogen-bond acceptors (Lipinski definition) is 4. The smallest absolute Gasteiger partial charge is 0.137 e. The summed E-state index contributed by atoms with van der Waals surface area (Å²) >= 11 is 6.06. The van der Waals surface area contributed by atoms with Gasteiger partial charge in [-0.25, -0.2) is 4.98 Å². The summed E-state index contributed by atoms with van der Waals surface area (Å²) in [5.74, 6) is 0.882. The molecule has 1 heterocycles. The summed E-state index contributed by atoms with van der Waals surface area (Å²) in [6, 6.07) is 6.93. The zero-order chi connectivity index (χ0) is 14.0. The maximum atomic E-state index is 10.4. The number of pyridine rings is 1.